The fourth-order valence-electron chi connectivity index (χ4n) is 2.64. The third-order valence-electron chi connectivity index (χ3n) is 3.79. The first-order chi connectivity index (χ1) is 11.5. The maximum absolute atomic E-state index is 12.0. The summed E-state index contributed by atoms with van der Waals surface area (Å²) in [6.45, 7) is 4.16. The quantitative estimate of drug-likeness (QED) is 0.435. The number of amides is 2. The summed E-state index contributed by atoms with van der Waals surface area (Å²) in [4.78, 5) is 23.9. The van der Waals surface area contributed by atoms with Crippen molar-refractivity contribution in [2.24, 2.45) is 0 Å². The molecule has 2 amide bonds. The van der Waals surface area contributed by atoms with Crippen molar-refractivity contribution < 1.29 is 9.59 Å². The smallest absolute Gasteiger partial charge is 0.226 e. The lowest BCUT2D eigenvalue weighted by Gasteiger charge is -2.15. The van der Waals surface area contributed by atoms with Crippen molar-refractivity contribution in [2.75, 3.05) is 5.32 Å². The maximum Gasteiger partial charge on any atom is 0.226 e. The van der Waals surface area contributed by atoms with Crippen LogP contribution in [-0.2, 0) is 9.59 Å². The van der Waals surface area contributed by atoms with Gasteiger partial charge in [-0.1, -0.05) is 62.6 Å². The van der Waals surface area contributed by atoms with E-state index >= 15 is 0 Å². The molecule has 0 bridgehead atoms. The molecule has 24 heavy (non-hydrogen) atoms. The van der Waals surface area contributed by atoms with E-state index in [1.165, 1.54) is 37.0 Å². The summed E-state index contributed by atoms with van der Waals surface area (Å²) in [6, 6.07) is 0.279. The highest BCUT2D eigenvalue weighted by Gasteiger charge is 2.16. The third kappa shape index (κ3) is 7.17. The zero-order valence-corrected chi connectivity index (χ0v) is 16.0. The molecule has 1 saturated carbocycles. The van der Waals surface area contributed by atoms with Gasteiger partial charge in [0.2, 0.25) is 16.9 Å². The Balaban J connectivity index is 1.68. The van der Waals surface area contributed by atoms with E-state index in [2.05, 4.69) is 34.7 Å². The van der Waals surface area contributed by atoms with Gasteiger partial charge < -0.3 is 10.6 Å². The normalized spacial score (nSPS) is 16.0. The lowest BCUT2D eigenvalue weighted by atomic mass is 10.1. The van der Waals surface area contributed by atoms with Gasteiger partial charge >= 0.3 is 0 Å². The van der Waals surface area contributed by atoms with Crippen LogP contribution >= 0.6 is 23.1 Å². The van der Waals surface area contributed by atoms with Crippen LogP contribution in [0, 0.1) is 0 Å². The number of rotatable bonds is 7. The predicted octanol–water partition coefficient (Wildman–Crippen LogP) is 3.60. The number of thioether (sulfide) groups is 1. The molecule has 1 aliphatic carbocycles. The summed E-state index contributed by atoms with van der Waals surface area (Å²) in [5, 5.41) is 14.7. The molecule has 1 fully saturated rings. The van der Waals surface area contributed by atoms with Crippen molar-refractivity contribution >= 4 is 40.0 Å². The van der Waals surface area contributed by atoms with Crippen LogP contribution in [0.4, 0.5) is 5.13 Å². The van der Waals surface area contributed by atoms with Gasteiger partial charge in [-0.2, -0.15) is 0 Å². The molecule has 0 aliphatic heterocycles. The number of aromatic nitrogens is 2. The fraction of sp³-hybridized carbons (Fsp3) is 0.750. The molecular weight excluding hydrogens is 344 g/mol. The van der Waals surface area contributed by atoms with Gasteiger partial charge in [0.15, 0.2) is 4.34 Å². The standard InChI is InChI=1S/C16H26N4O2S2/c1-11(2)23-16-20-19-15(24-16)18-14(22)10-9-13(21)17-12-7-5-3-4-6-8-12/h11-12H,3-10H2,1-2H3,(H,17,21)(H,18,19,22). The molecule has 0 aromatic carbocycles. The van der Waals surface area contributed by atoms with E-state index in [0.717, 1.165) is 17.2 Å². The summed E-state index contributed by atoms with van der Waals surface area (Å²) in [5.41, 5.74) is 0. The van der Waals surface area contributed by atoms with Gasteiger partial charge in [-0.15, -0.1) is 10.2 Å². The minimum absolute atomic E-state index is 0.0367. The molecule has 8 heteroatoms. The SMILES string of the molecule is CC(C)Sc1nnc(NC(=O)CCC(=O)NC2CCCCCC2)s1. The first-order valence-electron chi connectivity index (χ1n) is 8.62. The Hall–Kier alpha value is -1.15. The van der Waals surface area contributed by atoms with Gasteiger partial charge in [0.25, 0.3) is 0 Å². The Morgan fingerprint density at radius 2 is 1.79 bits per heavy atom. The number of hydrogen-bond acceptors (Lipinski definition) is 6. The van der Waals surface area contributed by atoms with Crippen molar-refractivity contribution in [3.8, 4) is 0 Å². The Morgan fingerprint density at radius 1 is 1.12 bits per heavy atom. The summed E-state index contributed by atoms with van der Waals surface area (Å²) in [6.07, 6.45) is 7.37. The van der Waals surface area contributed by atoms with Crippen molar-refractivity contribution in [2.45, 2.75) is 80.8 Å². The molecule has 2 N–H and O–H groups in total. The lowest BCUT2D eigenvalue weighted by molar-refractivity contribution is -0.124. The molecule has 0 unspecified atom stereocenters. The number of anilines is 1. The van der Waals surface area contributed by atoms with Gasteiger partial charge in [-0.05, 0) is 12.8 Å². The number of carbonyl (C=O) groups excluding carboxylic acids is 2. The Bertz CT molecular complexity index is 540. The van der Waals surface area contributed by atoms with Gasteiger partial charge in [-0.3, -0.25) is 9.59 Å². The van der Waals surface area contributed by atoms with Crippen LogP contribution in [0.1, 0.15) is 65.2 Å². The molecule has 0 spiro atoms. The van der Waals surface area contributed by atoms with Gasteiger partial charge in [0.1, 0.15) is 0 Å². The molecule has 1 aliphatic rings. The van der Waals surface area contributed by atoms with Crippen molar-refractivity contribution in [1.29, 1.82) is 0 Å². The molecular formula is C16H26N4O2S2. The van der Waals surface area contributed by atoms with Crippen LogP contribution in [-0.4, -0.2) is 33.3 Å². The Morgan fingerprint density at radius 3 is 2.46 bits per heavy atom. The minimum atomic E-state index is -0.191. The van der Waals surface area contributed by atoms with Crippen LogP contribution in [0.5, 0.6) is 0 Å². The molecule has 0 saturated heterocycles. The summed E-state index contributed by atoms with van der Waals surface area (Å²) in [5.74, 6) is -0.228. The Labute approximate surface area is 151 Å². The first-order valence-corrected chi connectivity index (χ1v) is 10.3. The van der Waals surface area contributed by atoms with Crippen molar-refractivity contribution in [1.82, 2.24) is 15.5 Å². The minimum Gasteiger partial charge on any atom is -0.353 e. The first kappa shape index (κ1) is 19.2. The Kier molecular flexibility index (Phi) is 7.98. The van der Waals surface area contributed by atoms with Gasteiger partial charge in [-0.25, -0.2) is 0 Å². The van der Waals surface area contributed by atoms with Crippen LogP contribution in [0.15, 0.2) is 4.34 Å². The van der Waals surface area contributed by atoms with E-state index in [4.69, 9.17) is 0 Å². The second-order valence-corrected chi connectivity index (χ2v) is 9.15. The van der Waals surface area contributed by atoms with E-state index in [9.17, 15) is 9.59 Å². The van der Waals surface area contributed by atoms with Crippen LogP contribution < -0.4 is 10.6 Å². The summed E-state index contributed by atoms with van der Waals surface area (Å²) in [7, 11) is 0. The zero-order chi connectivity index (χ0) is 17.4. The van der Waals surface area contributed by atoms with Crippen LogP contribution in [0.3, 0.4) is 0 Å². The lowest BCUT2D eigenvalue weighted by Crippen LogP contribution is -2.34. The van der Waals surface area contributed by atoms with E-state index in [-0.39, 0.29) is 30.7 Å². The second kappa shape index (κ2) is 9.98. The maximum atomic E-state index is 12.0. The largest absolute Gasteiger partial charge is 0.353 e. The predicted molar refractivity (Wildman–Crippen MR) is 98.4 cm³/mol. The number of hydrogen-bond donors (Lipinski definition) is 2. The topological polar surface area (TPSA) is 84.0 Å². The van der Waals surface area contributed by atoms with E-state index in [0.29, 0.717) is 10.4 Å². The summed E-state index contributed by atoms with van der Waals surface area (Å²) < 4.78 is 0.839. The highest BCUT2D eigenvalue weighted by atomic mass is 32.2. The molecule has 0 radical (unpaired) electrons. The van der Waals surface area contributed by atoms with Crippen LogP contribution in [0.25, 0.3) is 0 Å². The molecule has 0 atom stereocenters. The van der Waals surface area contributed by atoms with Crippen molar-refractivity contribution in [3.05, 3.63) is 0 Å². The zero-order valence-electron chi connectivity index (χ0n) is 14.3. The monoisotopic (exact) mass is 370 g/mol. The van der Waals surface area contributed by atoms with E-state index in [1.807, 2.05) is 0 Å². The van der Waals surface area contributed by atoms with Gasteiger partial charge in [0.05, 0.1) is 0 Å². The molecule has 2 rings (SSSR count). The average molecular weight is 371 g/mol. The third-order valence-corrected chi connectivity index (χ3v) is 5.72. The van der Waals surface area contributed by atoms with Gasteiger partial charge in [0, 0.05) is 24.1 Å². The highest BCUT2D eigenvalue weighted by Crippen LogP contribution is 2.28. The summed E-state index contributed by atoms with van der Waals surface area (Å²) >= 11 is 2.98. The highest BCUT2D eigenvalue weighted by molar-refractivity contribution is 8.01. The molecule has 134 valence electrons. The average Bonchev–Trinajstić information content (AvgIpc) is 2.78. The fourth-order valence-corrected chi connectivity index (χ4v) is 4.63. The molecule has 1 heterocycles. The molecule has 1 aromatic heterocycles. The van der Waals surface area contributed by atoms with Crippen LogP contribution in [0.2, 0.25) is 0 Å². The number of nitrogens with zero attached hydrogens (tertiary/aromatic N) is 2. The van der Waals surface area contributed by atoms with E-state index in [1.54, 1.807) is 11.8 Å². The molecule has 6 nitrogen and oxygen atoms in total. The number of carbonyl (C=O) groups is 2. The second-order valence-electron chi connectivity index (χ2n) is 6.34. The molecule has 1 aromatic rings. The van der Waals surface area contributed by atoms with Crippen molar-refractivity contribution in [3.63, 3.8) is 0 Å². The van der Waals surface area contributed by atoms with E-state index < -0.39 is 0 Å². The number of nitrogens with one attached hydrogen (secondary N) is 2.